The lowest BCUT2D eigenvalue weighted by Gasteiger charge is -2.14. The molecule has 0 saturated heterocycles. The number of benzene rings is 2. The SMILES string of the molecule is O=C(C=Cc1cccc(Br)c1)N1CCc2ccccc21. The predicted molar refractivity (Wildman–Crippen MR) is 85.7 cm³/mol. The van der Waals surface area contributed by atoms with Gasteiger partial charge in [0.2, 0.25) is 0 Å². The fraction of sp³-hybridized carbons (Fsp3) is 0.118. The molecule has 0 spiro atoms. The summed E-state index contributed by atoms with van der Waals surface area (Å²) in [5.41, 5.74) is 3.30. The highest BCUT2D eigenvalue weighted by Crippen LogP contribution is 2.27. The summed E-state index contributed by atoms with van der Waals surface area (Å²) in [6.45, 7) is 0.765. The maximum Gasteiger partial charge on any atom is 0.251 e. The smallest absolute Gasteiger partial charge is 0.251 e. The van der Waals surface area contributed by atoms with Gasteiger partial charge in [0.05, 0.1) is 0 Å². The highest BCUT2D eigenvalue weighted by atomic mass is 79.9. The van der Waals surface area contributed by atoms with Crippen LogP contribution in [0.15, 0.2) is 59.1 Å². The van der Waals surface area contributed by atoms with Crippen molar-refractivity contribution >= 4 is 33.6 Å². The lowest BCUT2D eigenvalue weighted by Crippen LogP contribution is -2.26. The Labute approximate surface area is 126 Å². The molecule has 0 aliphatic carbocycles. The fourth-order valence-corrected chi connectivity index (χ4v) is 2.85. The zero-order chi connectivity index (χ0) is 13.9. The molecule has 0 atom stereocenters. The van der Waals surface area contributed by atoms with Gasteiger partial charge in [-0.25, -0.2) is 0 Å². The van der Waals surface area contributed by atoms with E-state index in [-0.39, 0.29) is 5.91 Å². The van der Waals surface area contributed by atoms with Gasteiger partial charge in [-0.3, -0.25) is 4.79 Å². The van der Waals surface area contributed by atoms with Crippen LogP contribution >= 0.6 is 15.9 Å². The van der Waals surface area contributed by atoms with Crippen LogP contribution in [0.2, 0.25) is 0 Å². The Morgan fingerprint density at radius 1 is 1.15 bits per heavy atom. The minimum absolute atomic E-state index is 0.0370. The Morgan fingerprint density at radius 3 is 2.85 bits per heavy atom. The number of hydrogen-bond donors (Lipinski definition) is 0. The number of para-hydroxylation sites is 1. The Bertz CT molecular complexity index is 678. The van der Waals surface area contributed by atoms with Gasteiger partial charge in [0.15, 0.2) is 0 Å². The van der Waals surface area contributed by atoms with Crippen molar-refractivity contribution in [3.8, 4) is 0 Å². The number of anilines is 1. The van der Waals surface area contributed by atoms with Crippen LogP contribution in [0.5, 0.6) is 0 Å². The van der Waals surface area contributed by atoms with Crippen molar-refractivity contribution in [1.82, 2.24) is 0 Å². The molecule has 1 aliphatic rings. The molecule has 3 heteroatoms. The topological polar surface area (TPSA) is 20.3 Å². The van der Waals surface area contributed by atoms with Crippen LogP contribution in [-0.2, 0) is 11.2 Å². The summed E-state index contributed by atoms with van der Waals surface area (Å²) in [6.07, 6.45) is 4.44. The largest absolute Gasteiger partial charge is 0.308 e. The lowest BCUT2D eigenvalue weighted by molar-refractivity contribution is -0.114. The summed E-state index contributed by atoms with van der Waals surface area (Å²) in [5, 5.41) is 0. The highest BCUT2D eigenvalue weighted by Gasteiger charge is 2.22. The van der Waals surface area contributed by atoms with Crippen molar-refractivity contribution in [3.63, 3.8) is 0 Å². The first-order valence-electron chi connectivity index (χ1n) is 6.57. The molecule has 100 valence electrons. The predicted octanol–water partition coefficient (Wildman–Crippen LogP) is 4.05. The van der Waals surface area contributed by atoms with E-state index >= 15 is 0 Å². The molecule has 0 saturated carbocycles. The molecule has 20 heavy (non-hydrogen) atoms. The van der Waals surface area contributed by atoms with Crippen LogP contribution in [0.1, 0.15) is 11.1 Å². The summed E-state index contributed by atoms with van der Waals surface area (Å²) in [6, 6.07) is 16.0. The second-order valence-electron chi connectivity index (χ2n) is 4.76. The molecule has 1 amide bonds. The summed E-state index contributed by atoms with van der Waals surface area (Å²) in [5.74, 6) is 0.0370. The van der Waals surface area contributed by atoms with Crippen molar-refractivity contribution < 1.29 is 4.79 Å². The minimum atomic E-state index is 0.0370. The normalized spacial score (nSPS) is 13.8. The molecule has 0 aromatic heterocycles. The summed E-state index contributed by atoms with van der Waals surface area (Å²) >= 11 is 3.43. The average Bonchev–Trinajstić information content (AvgIpc) is 2.89. The first-order chi connectivity index (χ1) is 9.74. The van der Waals surface area contributed by atoms with E-state index in [2.05, 4.69) is 22.0 Å². The Morgan fingerprint density at radius 2 is 2.00 bits per heavy atom. The van der Waals surface area contributed by atoms with E-state index in [1.165, 1.54) is 5.56 Å². The van der Waals surface area contributed by atoms with Crippen LogP contribution in [-0.4, -0.2) is 12.5 Å². The molecular formula is C17H14BrNO. The van der Waals surface area contributed by atoms with Crippen molar-refractivity contribution in [1.29, 1.82) is 0 Å². The van der Waals surface area contributed by atoms with Crippen LogP contribution < -0.4 is 4.90 Å². The van der Waals surface area contributed by atoms with Crippen LogP contribution in [0, 0.1) is 0 Å². The summed E-state index contributed by atoms with van der Waals surface area (Å²) < 4.78 is 1.01. The number of amides is 1. The van der Waals surface area contributed by atoms with Gasteiger partial charge in [-0.1, -0.05) is 46.3 Å². The molecule has 2 aromatic carbocycles. The maximum absolute atomic E-state index is 12.3. The van der Waals surface area contributed by atoms with Crippen molar-refractivity contribution in [3.05, 3.63) is 70.2 Å². The van der Waals surface area contributed by atoms with Crippen molar-refractivity contribution in [2.45, 2.75) is 6.42 Å². The quantitative estimate of drug-likeness (QED) is 0.762. The first-order valence-corrected chi connectivity index (χ1v) is 7.36. The second kappa shape index (κ2) is 5.63. The number of hydrogen-bond acceptors (Lipinski definition) is 1. The van der Waals surface area contributed by atoms with Crippen molar-refractivity contribution in [2.75, 3.05) is 11.4 Å². The number of carbonyl (C=O) groups is 1. The van der Waals surface area contributed by atoms with E-state index in [9.17, 15) is 4.79 Å². The monoisotopic (exact) mass is 327 g/mol. The lowest BCUT2D eigenvalue weighted by atomic mass is 10.2. The van der Waals surface area contributed by atoms with E-state index in [0.717, 1.165) is 28.7 Å². The van der Waals surface area contributed by atoms with Crippen LogP contribution in [0.3, 0.4) is 0 Å². The van der Waals surface area contributed by atoms with Gasteiger partial charge < -0.3 is 4.90 Å². The fourth-order valence-electron chi connectivity index (χ4n) is 2.43. The zero-order valence-electron chi connectivity index (χ0n) is 10.9. The van der Waals surface area contributed by atoms with Gasteiger partial charge in [0, 0.05) is 22.8 Å². The van der Waals surface area contributed by atoms with E-state index in [1.807, 2.05) is 53.4 Å². The number of rotatable bonds is 2. The van der Waals surface area contributed by atoms with Gasteiger partial charge in [0.1, 0.15) is 0 Å². The standard InChI is InChI=1S/C17H14BrNO/c18-15-6-3-4-13(12-15)8-9-17(20)19-11-10-14-5-1-2-7-16(14)19/h1-9,12H,10-11H2. The molecular weight excluding hydrogens is 314 g/mol. The Balaban J connectivity index is 1.78. The van der Waals surface area contributed by atoms with Crippen LogP contribution in [0.25, 0.3) is 6.08 Å². The Kier molecular flexibility index (Phi) is 3.70. The van der Waals surface area contributed by atoms with Crippen LogP contribution in [0.4, 0.5) is 5.69 Å². The van der Waals surface area contributed by atoms with Gasteiger partial charge in [0.25, 0.3) is 5.91 Å². The molecule has 0 N–H and O–H groups in total. The highest BCUT2D eigenvalue weighted by molar-refractivity contribution is 9.10. The van der Waals surface area contributed by atoms with Gasteiger partial charge in [-0.2, -0.15) is 0 Å². The number of carbonyl (C=O) groups excluding carboxylic acids is 1. The molecule has 0 radical (unpaired) electrons. The van der Waals surface area contributed by atoms with E-state index in [4.69, 9.17) is 0 Å². The maximum atomic E-state index is 12.3. The zero-order valence-corrected chi connectivity index (χ0v) is 12.5. The van der Waals surface area contributed by atoms with E-state index in [0.29, 0.717) is 0 Å². The van der Waals surface area contributed by atoms with E-state index in [1.54, 1.807) is 6.08 Å². The van der Waals surface area contributed by atoms with Crippen molar-refractivity contribution in [2.24, 2.45) is 0 Å². The summed E-state index contributed by atoms with van der Waals surface area (Å²) in [7, 11) is 0. The average molecular weight is 328 g/mol. The Hall–Kier alpha value is -1.87. The molecule has 2 aromatic rings. The molecule has 0 bridgehead atoms. The van der Waals surface area contributed by atoms with Gasteiger partial charge in [-0.15, -0.1) is 0 Å². The second-order valence-corrected chi connectivity index (χ2v) is 5.67. The number of halogens is 1. The van der Waals surface area contributed by atoms with Gasteiger partial charge in [-0.05, 0) is 41.8 Å². The first kappa shape index (κ1) is 13.1. The molecule has 3 rings (SSSR count). The van der Waals surface area contributed by atoms with Gasteiger partial charge >= 0.3 is 0 Å². The third kappa shape index (κ3) is 2.68. The number of nitrogens with zero attached hydrogens (tertiary/aromatic N) is 1. The third-order valence-corrected chi connectivity index (χ3v) is 3.91. The third-order valence-electron chi connectivity index (χ3n) is 3.42. The van der Waals surface area contributed by atoms with E-state index < -0.39 is 0 Å². The molecule has 2 nitrogen and oxygen atoms in total. The molecule has 0 fully saturated rings. The molecule has 1 aliphatic heterocycles. The minimum Gasteiger partial charge on any atom is -0.308 e. The summed E-state index contributed by atoms with van der Waals surface area (Å²) in [4.78, 5) is 14.1. The molecule has 1 heterocycles. The molecule has 0 unspecified atom stereocenters. The number of fused-ring (bicyclic) bond motifs is 1.